The van der Waals surface area contributed by atoms with Gasteiger partial charge in [0.1, 0.15) is 0 Å². The molecule has 1 N–H and O–H groups in total. The molecule has 1 nitrogen and oxygen atoms in total. The third kappa shape index (κ3) is 1.69. The van der Waals surface area contributed by atoms with Crippen LogP contribution in [0.25, 0.3) is 0 Å². The molecule has 5 fully saturated rings. The Hall–Kier alpha value is -0.0400. The monoisotopic (exact) mass is 248 g/mol. The molecule has 0 aromatic carbocycles. The van der Waals surface area contributed by atoms with Gasteiger partial charge in [-0.1, -0.05) is 13.3 Å². The van der Waals surface area contributed by atoms with Crippen molar-refractivity contribution in [2.24, 2.45) is 35.0 Å². The molecule has 0 saturated heterocycles. The predicted octanol–water partition coefficient (Wildman–Crippen LogP) is 4.00. The van der Waals surface area contributed by atoms with E-state index in [-0.39, 0.29) is 6.10 Å². The largest absolute Gasteiger partial charge is 0.393 e. The minimum Gasteiger partial charge on any atom is -0.393 e. The van der Waals surface area contributed by atoms with Crippen LogP contribution < -0.4 is 0 Å². The number of aliphatic hydroxyl groups excluding tert-OH is 1. The van der Waals surface area contributed by atoms with Crippen LogP contribution in [-0.4, -0.2) is 11.2 Å². The second-order valence-electron chi connectivity index (χ2n) is 8.37. The first-order valence-corrected chi connectivity index (χ1v) is 8.33. The molecule has 0 heterocycles. The maximum Gasteiger partial charge on any atom is 0.0576 e. The van der Waals surface area contributed by atoms with Gasteiger partial charge in [0.05, 0.1) is 6.10 Å². The molecule has 0 radical (unpaired) electrons. The van der Waals surface area contributed by atoms with Crippen LogP contribution in [0.2, 0.25) is 0 Å². The summed E-state index contributed by atoms with van der Waals surface area (Å²) < 4.78 is 0. The van der Waals surface area contributed by atoms with Gasteiger partial charge in [-0.05, 0) is 86.4 Å². The van der Waals surface area contributed by atoms with Gasteiger partial charge >= 0.3 is 0 Å². The van der Waals surface area contributed by atoms with Gasteiger partial charge in [0, 0.05) is 0 Å². The highest BCUT2D eigenvalue weighted by atomic mass is 16.3. The van der Waals surface area contributed by atoms with E-state index in [1.165, 1.54) is 51.4 Å². The Labute approximate surface area is 111 Å². The van der Waals surface area contributed by atoms with Crippen LogP contribution in [0.15, 0.2) is 0 Å². The zero-order valence-electron chi connectivity index (χ0n) is 11.8. The van der Waals surface area contributed by atoms with Crippen LogP contribution in [0.4, 0.5) is 0 Å². The molecule has 0 unspecified atom stereocenters. The normalized spacial score (nSPS) is 59.0. The predicted molar refractivity (Wildman–Crippen MR) is 73.1 cm³/mol. The fourth-order valence-electron chi connectivity index (χ4n) is 6.70. The quantitative estimate of drug-likeness (QED) is 0.743. The van der Waals surface area contributed by atoms with E-state index in [0.29, 0.717) is 11.3 Å². The van der Waals surface area contributed by atoms with Crippen molar-refractivity contribution < 1.29 is 5.11 Å². The molecule has 0 spiro atoms. The molecule has 5 saturated carbocycles. The van der Waals surface area contributed by atoms with Crippen molar-refractivity contribution in [3.63, 3.8) is 0 Å². The molecule has 0 aromatic rings. The highest BCUT2D eigenvalue weighted by molar-refractivity contribution is 5.06. The summed E-state index contributed by atoms with van der Waals surface area (Å²) in [6, 6.07) is 0. The van der Waals surface area contributed by atoms with E-state index in [1.54, 1.807) is 0 Å². The average Bonchev–Trinajstić information content (AvgIpc) is 2.26. The van der Waals surface area contributed by atoms with E-state index in [0.717, 1.165) is 30.1 Å². The molecule has 18 heavy (non-hydrogen) atoms. The van der Waals surface area contributed by atoms with Gasteiger partial charge in [-0.15, -0.1) is 0 Å². The summed E-state index contributed by atoms with van der Waals surface area (Å²) >= 11 is 0. The molecular weight excluding hydrogens is 220 g/mol. The summed E-state index contributed by atoms with van der Waals surface area (Å²) in [5.74, 6) is 4.50. The van der Waals surface area contributed by atoms with Gasteiger partial charge < -0.3 is 5.11 Å². The molecule has 5 rings (SSSR count). The molecule has 5 aliphatic carbocycles. The molecule has 0 aromatic heterocycles. The molecular formula is C17H28O. The SMILES string of the molecule is C[C@@H]1CC[C@H](C23CC4CC(CC(C4)C2)C3)[C@@H](O)C1. The lowest BCUT2D eigenvalue weighted by atomic mass is 9.45. The van der Waals surface area contributed by atoms with Crippen molar-refractivity contribution in [3.05, 3.63) is 0 Å². The van der Waals surface area contributed by atoms with E-state index in [1.807, 2.05) is 0 Å². The van der Waals surface area contributed by atoms with Crippen molar-refractivity contribution in [1.82, 2.24) is 0 Å². The van der Waals surface area contributed by atoms with Crippen LogP contribution in [0.5, 0.6) is 0 Å². The van der Waals surface area contributed by atoms with Crippen molar-refractivity contribution in [2.75, 3.05) is 0 Å². The lowest BCUT2D eigenvalue weighted by Gasteiger charge is -2.61. The fourth-order valence-corrected chi connectivity index (χ4v) is 6.70. The smallest absolute Gasteiger partial charge is 0.0576 e. The van der Waals surface area contributed by atoms with Crippen molar-refractivity contribution in [3.8, 4) is 0 Å². The lowest BCUT2D eigenvalue weighted by Crippen LogP contribution is -2.53. The van der Waals surface area contributed by atoms with Gasteiger partial charge in [-0.2, -0.15) is 0 Å². The van der Waals surface area contributed by atoms with Crippen LogP contribution in [0, 0.1) is 35.0 Å². The first kappa shape index (κ1) is 11.8. The van der Waals surface area contributed by atoms with E-state index >= 15 is 0 Å². The standard InChI is InChI=1S/C17H28O/c1-11-2-3-15(16(18)4-11)17-8-12-5-13(9-17)7-14(6-12)10-17/h11-16,18H,2-10H2,1H3/t11-,12?,13?,14?,15+,16+,17?/m1/s1. The summed E-state index contributed by atoms with van der Waals surface area (Å²) in [4.78, 5) is 0. The number of hydrogen-bond donors (Lipinski definition) is 1. The third-order valence-corrected chi connectivity index (χ3v) is 6.95. The summed E-state index contributed by atoms with van der Waals surface area (Å²) in [5, 5.41) is 10.6. The first-order chi connectivity index (χ1) is 8.64. The van der Waals surface area contributed by atoms with Gasteiger partial charge in [-0.3, -0.25) is 0 Å². The zero-order chi connectivity index (χ0) is 12.3. The molecule has 3 atom stereocenters. The van der Waals surface area contributed by atoms with E-state index < -0.39 is 0 Å². The summed E-state index contributed by atoms with van der Waals surface area (Å²) in [7, 11) is 0. The van der Waals surface area contributed by atoms with E-state index in [2.05, 4.69) is 6.92 Å². The Bertz CT molecular complexity index is 299. The maximum atomic E-state index is 10.6. The average molecular weight is 248 g/mol. The van der Waals surface area contributed by atoms with Crippen molar-refractivity contribution in [2.45, 2.75) is 70.8 Å². The van der Waals surface area contributed by atoms with E-state index in [9.17, 15) is 5.11 Å². The van der Waals surface area contributed by atoms with Crippen LogP contribution >= 0.6 is 0 Å². The Morgan fingerprint density at radius 2 is 1.39 bits per heavy atom. The Morgan fingerprint density at radius 3 is 1.89 bits per heavy atom. The van der Waals surface area contributed by atoms with Gasteiger partial charge in [-0.25, -0.2) is 0 Å². The van der Waals surface area contributed by atoms with Crippen LogP contribution in [0.1, 0.15) is 64.7 Å². The molecule has 0 amide bonds. The highest BCUT2D eigenvalue weighted by Gasteiger charge is 2.55. The molecule has 4 bridgehead atoms. The molecule has 1 heteroatoms. The Morgan fingerprint density at radius 1 is 0.833 bits per heavy atom. The second kappa shape index (κ2) is 3.98. The van der Waals surface area contributed by atoms with E-state index in [4.69, 9.17) is 0 Å². The number of aliphatic hydroxyl groups is 1. The van der Waals surface area contributed by atoms with Crippen molar-refractivity contribution in [1.29, 1.82) is 0 Å². The maximum absolute atomic E-state index is 10.6. The van der Waals surface area contributed by atoms with Crippen molar-refractivity contribution >= 4 is 0 Å². The van der Waals surface area contributed by atoms with Gasteiger partial charge in [0.2, 0.25) is 0 Å². The fraction of sp³-hybridized carbons (Fsp3) is 1.00. The summed E-state index contributed by atoms with van der Waals surface area (Å²) in [5.41, 5.74) is 0.578. The Kier molecular flexibility index (Phi) is 2.60. The highest BCUT2D eigenvalue weighted by Crippen LogP contribution is 2.64. The number of rotatable bonds is 1. The zero-order valence-corrected chi connectivity index (χ0v) is 11.8. The molecule has 0 aliphatic heterocycles. The third-order valence-electron chi connectivity index (χ3n) is 6.95. The Balaban J connectivity index is 1.59. The van der Waals surface area contributed by atoms with Crippen LogP contribution in [0.3, 0.4) is 0 Å². The first-order valence-electron chi connectivity index (χ1n) is 8.33. The lowest BCUT2D eigenvalue weighted by molar-refractivity contribution is -0.131. The minimum atomic E-state index is 0.0185. The number of hydrogen-bond acceptors (Lipinski definition) is 1. The minimum absolute atomic E-state index is 0.0185. The van der Waals surface area contributed by atoms with Gasteiger partial charge in [0.15, 0.2) is 0 Å². The summed E-state index contributed by atoms with van der Waals surface area (Å²) in [6.45, 7) is 2.32. The van der Waals surface area contributed by atoms with Crippen LogP contribution in [-0.2, 0) is 0 Å². The van der Waals surface area contributed by atoms with Gasteiger partial charge in [0.25, 0.3) is 0 Å². The molecule has 5 aliphatic rings. The second-order valence-corrected chi connectivity index (χ2v) is 8.37. The molecule has 102 valence electrons. The topological polar surface area (TPSA) is 20.2 Å². The summed E-state index contributed by atoms with van der Waals surface area (Å²) in [6.07, 6.45) is 12.8.